The Labute approximate surface area is 152 Å². The van der Waals surface area contributed by atoms with Gasteiger partial charge in [-0.25, -0.2) is 9.18 Å². The van der Waals surface area contributed by atoms with E-state index < -0.39 is 17.3 Å². The third kappa shape index (κ3) is 3.08. The van der Waals surface area contributed by atoms with Crippen LogP contribution >= 0.6 is 0 Å². The number of pyridine rings is 2. The Kier molecular flexibility index (Phi) is 5.03. The molecule has 0 aliphatic heterocycles. The van der Waals surface area contributed by atoms with Gasteiger partial charge in [-0.2, -0.15) is 0 Å². The first-order chi connectivity index (χ1) is 12.4. The van der Waals surface area contributed by atoms with Crippen LogP contribution in [0.3, 0.4) is 0 Å². The largest absolute Gasteiger partial charge is 0.477 e. The number of aryl methyl sites for hydroxylation is 1. The molecular formula is C20H25FN2O3. The van der Waals surface area contributed by atoms with Crippen molar-refractivity contribution in [2.24, 2.45) is 0 Å². The van der Waals surface area contributed by atoms with Crippen LogP contribution in [0.5, 0.6) is 0 Å². The zero-order valence-electron chi connectivity index (χ0n) is 15.5. The maximum atomic E-state index is 15.0. The first kappa shape index (κ1) is 18.4. The molecule has 6 heteroatoms. The Morgan fingerprint density at radius 2 is 1.92 bits per heavy atom. The summed E-state index contributed by atoms with van der Waals surface area (Å²) in [6.07, 6.45) is 4.88. The van der Waals surface area contributed by atoms with Gasteiger partial charge in [-0.1, -0.05) is 13.8 Å². The molecule has 0 unspecified atom stereocenters. The van der Waals surface area contributed by atoms with Crippen molar-refractivity contribution < 1.29 is 14.3 Å². The molecule has 0 spiro atoms. The van der Waals surface area contributed by atoms with E-state index in [2.05, 4.69) is 13.8 Å². The van der Waals surface area contributed by atoms with Crippen molar-refractivity contribution >= 4 is 17.2 Å². The van der Waals surface area contributed by atoms with Crippen LogP contribution in [0.1, 0.15) is 66.9 Å². The lowest BCUT2D eigenvalue weighted by molar-refractivity contribution is 0.0694. The number of hydrogen-bond acceptors (Lipinski definition) is 3. The maximum absolute atomic E-state index is 15.0. The Morgan fingerprint density at radius 1 is 1.31 bits per heavy atom. The van der Waals surface area contributed by atoms with Gasteiger partial charge in [0.1, 0.15) is 5.56 Å². The molecule has 2 aromatic rings. The van der Waals surface area contributed by atoms with Gasteiger partial charge in [0.15, 0.2) is 5.82 Å². The Balaban J connectivity index is 2.34. The highest BCUT2D eigenvalue weighted by Crippen LogP contribution is 2.43. The summed E-state index contributed by atoms with van der Waals surface area (Å²) in [5.74, 6) is -1.51. The summed E-state index contributed by atoms with van der Waals surface area (Å²) >= 11 is 0. The highest BCUT2D eigenvalue weighted by Gasteiger charge is 2.30. The van der Waals surface area contributed by atoms with Crippen molar-refractivity contribution in [1.29, 1.82) is 0 Å². The molecule has 1 aliphatic rings. The fourth-order valence-corrected chi connectivity index (χ4v) is 3.76. The Bertz CT molecular complexity index is 910. The van der Waals surface area contributed by atoms with Crippen molar-refractivity contribution in [3.8, 4) is 0 Å². The smallest absolute Gasteiger partial charge is 0.341 e. The molecule has 0 radical (unpaired) electrons. The van der Waals surface area contributed by atoms with E-state index in [4.69, 9.17) is 0 Å². The zero-order chi connectivity index (χ0) is 19.0. The lowest BCUT2D eigenvalue weighted by Gasteiger charge is -2.27. The fourth-order valence-electron chi connectivity index (χ4n) is 3.76. The highest BCUT2D eigenvalue weighted by molar-refractivity contribution is 5.89. The van der Waals surface area contributed by atoms with Crippen molar-refractivity contribution in [2.45, 2.75) is 52.4 Å². The van der Waals surface area contributed by atoms with Gasteiger partial charge in [0.2, 0.25) is 0 Å². The van der Waals surface area contributed by atoms with E-state index in [1.807, 2.05) is 11.8 Å². The van der Waals surface area contributed by atoms with E-state index in [1.165, 1.54) is 10.5 Å². The van der Waals surface area contributed by atoms with Gasteiger partial charge in [0.25, 0.3) is 5.56 Å². The zero-order valence-corrected chi connectivity index (χ0v) is 15.5. The van der Waals surface area contributed by atoms with Crippen molar-refractivity contribution in [3.63, 3.8) is 0 Å². The van der Waals surface area contributed by atoms with Crippen LogP contribution in [0, 0.1) is 12.7 Å². The lowest BCUT2D eigenvalue weighted by Crippen LogP contribution is -2.29. The molecule has 3 rings (SSSR count). The summed E-state index contributed by atoms with van der Waals surface area (Å²) < 4.78 is 16.2. The molecule has 2 aromatic heterocycles. The molecule has 0 aromatic carbocycles. The molecular weight excluding hydrogens is 335 g/mol. The summed E-state index contributed by atoms with van der Waals surface area (Å²) in [4.78, 5) is 26.1. The number of carboxylic acid groups (broad SMARTS) is 1. The van der Waals surface area contributed by atoms with E-state index >= 15 is 0 Å². The summed E-state index contributed by atoms with van der Waals surface area (Å²) in [5.41, 5.74) is 1.77. The molecule has 140 valence electrons. The second-order valence-electron chi connectivity index (χ2n) is 7.05. The van der Waals surface area contributed by atoms with Crippen LogP contribution in [-0.4, -0.2) is 28.6 Å². The molecule has 2 heterocycles. The predicted molar refractivity (Wildman–Crippen MR) is 100 cm³/mol. The Morgan fingerprint density at radius 3 is 2.42 bits per heavy atom. The predicted octanol–water partition coefficient (Wildman–Crippen LogP) is 3.95. The number of rotatable bonds is 7. The molecule has 26 heavy (non-hydrogen) atoms. The monoisotopic (exact) mass is 360 g/mol. The first-order valence-corrected chi connectivity index (χ1v) is 9.27. The van der Waals surface area contributed by atoms with Crippen LogP contribution in [-0.2, 0) is 0 Å². The van der Waals surface area contributed by atoms with E-state index in [0.717, 1.165) is 50.5 Å². The molecule has 1 aliphatic carbocycles. The van der Waals surface area contributed by atoms with Crippen LogP contribution < -0.4 is 10.5 Å². The summed E-state index contributed by atoms with van der Waals surface area (Å²) in [6.45, 7) is 7.40. The average molecular weight is 360 g/mol. The van der Waals surface area contributed by atoms with E-state index in [1.54, 1.807) is 0 Å². The number of anilines is 1. The van der Waals surface area contributed by atoms with Gasteiger partial charge < -0.3 is 10.0 Å². The first-order valence-electron chi connectivity index (χ1n) is 9.27. The second-order valence-corrected chi connectivity index (χ2v) is 7.05. The third-order valence-corrected chi connectivity index (χ3v) is 4.99. The van der Waals surface area contributed by atoms with E-state index in [9.17, 15) is 19.1 Å². The van der Waals surface area contributed by atoms with Crippen LogP contribution in [0.2, 0.25) is 0 Å². The number of halogens is 1. The van der Waals surface area contributed by atoms with Crippen molar-refractivity contribution in [1.82, 2.24) is 4.40 Å². The summed E-state index contributed by atoms with van der Waals surface area (Å²) in [6, 6.07) is 1.50. The number of fused-ring (bicyclic) bond motifs is 1. The van der Waals surface area contributed by atoms with Gasteiger partial charge in [-0.05, 0) is 55.7 Å². The second kappa shape index (κ2) is 7.09. The van der Waals surface area contributed by atoms with Gasteiger partial charge >= 0.3 is 5.97 Å². The third-order valence-electron chi connectivity index (χ3n) is 4.99. The minimum atomic E-state index is -1.27. The molecule has 1 N–H and O–H groups in total. The minimum Gasteiger partial charge on any atom is -0.477 e. The van der Waals surface area contributed by atoms with Crippen LogP contribution in [0.25, 0.3) is 5.52 Å². The number of aromatic nitrogens is 1. The van der Waals surface area contributed by atoms with Crippen LogP contribution in [0.4, 0.5) is 10.1 Å². The summed E-state index contributed by atoms with van der Waals surface area (Å²) in [7, 11) is 0. The molecule has 0 amide bonds. The van der Waals surface area contributed by atoms with Crippen LogP contribution in [0.15, 0.2) is 17.1 Å². The van der Waals surface area contributed by atoms with E-state index in [-0.39, 0.29) is 11.5 Å². The number of carbonyl (C=O) groups is 1. The van der Waals surface area contributed by atoms with Crippen molar-refractivity contribution in [3.05, 3.63) is 45.1 Å². The van der Waals surface area contributed by atoms with Crippen molar-refractivity contribution in [2.75, 3.05) is 18.0 Å². The topological polar surface area (TPSA) is 62.0 Å². The molecule has 5 nitrogen and oxygen atoms in total. The maximum Gasteiger partial charge on any atom is 0.341 e. The molecule has 0 saturated heterocycles. The number of hydrogen-bond donors (Lipinski definition) is 1. The normalized spacial score (nSPS) is 14.0. The number of nitrogens with zero attached hydrogens (tertiary/aromatic N) is 2. The number of carboxylic acids is 1. The van der Waals surface area contributed by atoms with Gasteiger partial charge in [-0.15, -0.1) is 0 Å². The van der Waals surface area contributed by atoms with E-state index in [0.29, 0.717) is 16.8 Å². The van der Waals surface area contributed by atoms with Gasteiger partial charge in [0, 0.05) is 13.1 Å². The molecule has 0 bridgehead atoms. The SMILES string of the molecule is CCCN(CCC)c1c(F)cn2c(=O)c(C(=O)O)cc(C3CC3)c2c1C. The standard InChI is InChI=1S/C20H25FN2O3/c1-4-8-22(9-5-2)18-12(3)17-14(13-6-7-13)10-15(20(25)26)19(24)23(17)11-16(18)21/h10-11,13H,4-9H2,1-3H3,(H,25,26). The lowest BCUT2D eigenvalue weighted by atomic mass is 10.0. The molecule has 0 atom stereocenters. The molecule has 1 saturated carbocycles. The summed E-state index contributed by atoms with van der Waals surface area (Å²) in [5, 5.41) is 9.36. The minimum absolute atomic E-state index is 0.242. The fraction of sp³-hybridized carbons (Fsp3) is 0.500. The highest BCUT2D eigenvalue weighted by atomic mass is 19.1. The van der Waals surface area contributed by atoms with Gasteiger partial charge in [-0.3, -0.25) is 9.20 Å². The molecule has 1 fully saturated rings. The Hall–Kier alpha value is -2.37. The van der Waals surface area contributed by atoms with Gasteiger partial charge in [0.05, 0.1) is 17.4 Å². The number of aromatic carboxylic acids is 1. The average Bonchev–Trinajstić information content (AvgIpc) is 3.40. The quantitative estimate of drug-likeness (QED) is 0.812.